The molecule has 2 aliphatic heterocycles. The van der Waals surface area contributed by atoms with Crippen LogP contribution in [0.1, 0.15) is 69.2 Å². The molecule has 2 fully saturated rings. The molecule has 1 amide bonds. The lowest BCUT2D eigenvalue weighted by molar-refractivity contribution is -0.141. The number of likely N-dealkylation sites (tertiary alicyclic amines) is 1. The number of alkyl halides is 10. The van der Waals surface area contributed by atoms with Crippen LogP contribution in [0.2, 0.25) is 0 Å². The average Bonchev–Trinajstić information content (AvgIpc) is 3.82. The quantitative estimate of drug-likeness (QED) is 0.137. The van der Waals surface area contributed by atoms with Crippen LogP contribution in [0.4, 0.5) is 48.7 Å². The number of ether oxygens (including phenoxy) is 1. The zero-order valence-electron chi connectivity index (χ0n) is 34.5. The first-order valence-corrected chi connectivity index (χ1v) is 19.4. The number of nitrogens with one attached hydrogen (secondary N) is 1. The Labute approximate surface area is 366 Å². The Morgan fingerprint density at radius 1 is 0.719 bits per heavy atom. The van der Waals surface area contributed by atoms with Gasteiger partial charge in [-0.05, 0) is 70.0 Å². The Morgan fingerprint density at radius 2 is 1.20 bits per heavy atom. The molecule has 2 aliphatic rings. The minimum absolute atomic E-state index is 0. The van der Waals surface area contributed by atoms with Crippen molar-refractivity contribution in [2.24, 2.45) is 0 Å². The second-order valence-corrected chi connectivity index (χ2v) is 16.1. The second kappa shape index (κ2) is 20.6. The molecular formula is C41H43ClF10N8O4. The predicted molar refractivity (Wildman–Crippen MR) is 212 cm³/mol. The summed E-state index contributed by atoms with van der Waals surface area (Å²) >= 11 is 0. The maximum absolute atomic E-state index is 14.7. The summed E-state index contributed by atoms with van der Waals surface area (Å²) in [4.78, 5) is 61.5. The molecule has 2 unspecified atom stereocenters. The summed E-state index contributed by atoms with van der Waals surface area (Å²) < 4.78 is 136. The summed E-state index contributed by atoms with van der Waals surface area (Å²) in [5.74, 6) is -0.732. The molecule has 23 heteroatoms. The lowest BCUT2D eigenvalue weighted by atomic mass is 9.98. The minimum Gasteiger partial charge on any atom is -0.444 e. The van der Waals surface area contributed by atoms with Gasteiger partial charge in [0.1, 0.15) is 48.8 Å². The highest BCUT2D eigenvalue weighted by Crippen LogP contribution is 2.35. The van der Waals surface area contributed by atoms with E-state index in [0.717, 1.165) is 29.4 Å². The molecular weight excluding hydrogens is 894 g/mol. The van der Waals surface area contributed by atoms with E-state index < -0.39 is 91.0 Å². The van der Waals surface area contributed by atoms with E-state index in [2.05, 4.69) is 35.2 Å². The number of hydrogen-bond acceptors (Lipinski definition) is 11. The molecule has 1 N–H and O–H groups in total. The van der Waals surface area contributed by atoms with Crippen molar-refractivity contribution in [1.29, 1.82) is 0 Å². The Bertz CT molecular complexity index is 2230. The standard InChI is InChI=1S/C23H25F5N4O3.C18H17F5N4O.ClH/c1-21(2,3)35-20(34)32-12-22(25,11-24)9-17(32)18(33)6-5-15-8-16(31-13-30-15)14-4-7-19(29-10-14)23(26,27)28;19-8-17(20)6-14(25-9-17)15(28)3-2-12-5-13(27-10-26-12)11-1-4-16(24-7-11)18(21,22)23;/h4,7-8,10,13,17H,5-6,9,11-12H2,1-3H3;1,4-5,7,10,14,25H,2-3,6,8-9H2;1H/t17-,22?;14-,17?;/m00./s1. The third-order valence-electron chi connectivity index (χ3n) is 9.89. The highest BCUT2D eigenvalue weighted by atomic mass is 35.5. The topological polar surface area (TPSA) is 153 Å². The first kappa shape index (κ1) is 51.3. The Kier molecular flexibility index (Phi) is 16.5. The van der Waals surface area contributed by atoms with Crippen LogP contribution in [-0.4, -0.2) is 108 Å². The lowest BCUT2D eigenvalue weighted by Gasteiger charge is -2.27. The van der Waals surface area contributed by atoms with E-state index in [1.54, 1.807) is 26.8 Å². The number of aryl methyl sites for hydroxylation is 2. The van der Waals surface area contributed by atoms with Crippen LogP contribution in [0.5, 0.6) is 0 Å². The third-order valence-corrected chi connectivity index (χ3v) is 9.89. The van der Waals surface area contributed by atoms with E-state index in [0.29, 0.717) is 33.9 Å². The summed E-state index contributed by atoms with van der Waals surface area (Å²) in [6.45, 7) is 1.59. The van der Waals surface area contributed by atoms with Crippen molar-refractivity contribution >= 4 is 30.1 Å². The number of rotatable bonds is 12. The first-order chi connectivity index (χ1) is 29.4. The fourth-order valence-electron chi connectivity index (χ4n) is 6.63. The smallest absolute Gasteiger partial charge is 0.433 e. The van der Waals surface area contributed by atoms with Crippen molar-refractivity contribution in [1.82, 2.24) is 40.1 Å². The molecule has 0 radical (unpaired) electrons. The van der Waals surface area contributed by atoms with Gasteiger partial charge in [-0.2, -0.15) is 26.3 Å². The molecule has 0 spiro atoms. The van der Waals surface area contributed by atoms with Gasteiger partial charge in [0, 0.05) is 67.1 Å². The Balaban J connectivity index is 0.000000283. The van der Waals surface area contributed by atoms with Crippen LogP contribution in [0, 0.1) is 0 Å². The van der Waals surface area contributed by atoms with Gasteiger partial charge in [0.2, 0.25) is 0 Å². The molecule has 0 aliphatic carbocycles. The van der Waals surface area contributed by atoms with Gasteiger partial charge >= 0.3 is 18.4 Å². The van der Waals surface area contributed by atoms with Crippen LogP contribution in [0.15, 0.2) is 61.4 Å². The van der Waals surface area contributed by atoms with E-state index >= 15 is 0 Å². The van der Waals surface area contributed by atoms with Gasteiger partial charge in [-0.15, -0.1) is 12.4 Å². The minimum atomic E-state index is -4.57. The largest absolute Gasteiger partial charge is 0.444 e. The number of nitrogens with zero attached hydrogens (tertiary/aromatic N) is 7. The van der Waals surface area contributed by atoms with Crippen molar-refractivity contribution < 1.29 is 63.0 Å². The van der Waals surface area contributed by atoms with Crippen LogP contribution >= 0.6 is 12.4 Å². The summed E-state index contributed by atoms with van der Waals surface area (Å²) in [6, 6.07) is 5.31. The summed E-state index contributed by atoms with van der Waals surface area (Å²) in [7, 11) is 0. The molecule has 0 bridgehead atoms. The summed E-state index contributed by atoms with van der Waals surface area (Å²) in [5.41, 5.74) is -4.97. The molecule has 348 valence electrons. The summed E-state index contributed by atoms with van der Waals surface area (Å²) in [6.07, 6.45) is -5.84. The zero-order valence-corrected chi connectivity index (χ0v) is 35.3. The van der Waals surface area contributed by atoms with E-state index in [1.165, 1.54) is 30.9 Å². The highest BCUT2D eigenvalue weighted by molar-refractivity contribution is 5.88. The number of amides is 1. The van der Waals surface area contributed by atoms with Gasteiger partial charge in [0.25, 0.3) is 0 Å². The first-order valence-electron chi connectivity index (χ1n) is 19.4. The lowest BCUT2D eigenvalue weighted by Crippen LogP contribution is -2.44. The number of Topliss-reactive ketones (excluding diaryl/α,β-unsaturated/α-hetero) is 2. The molecule has 6 heterocycles. The number of carbonyl (C=O) groups is 3. The van der Waals surface area contributed by atoms with E-state index in [1.807, 2.05) is 0 Å². The van der Waals surface area contributed by atoms with Crippen LogP contribution in [0.25, 0.3) is 22.5 Å². The monoisotopic (exact) mass is 936 g/mol. The summed E-state index contributed by atoms with van der Waals surface area (Å²) in [5, 5.41) is 2.69. The Morgan fingerprint density at radius 3 is 1.61 bits per heavy atom. The van der Waals surface area contributed by atoms with Gasteiger partial charge in [-0.3, -0.25) is 24.5 Å². The number of ketones is 2. The number of carbonyl (C=O) groups excluding carboxylic acids is 3. The normalized spacial score (nSPS) is 21.1. The number of hydrogen-bond donors (Lipinski definition) is 1. The zero-order chi connectivity index (χ0) is 46.4. The maximum Gasteiger partial charge on any atom is 0.433 e. The van der Waals surface area contributed by atoms with Crippen molar-refractivity contribution in [3.05, 3.63) is 84.2 Å². The predicted octanol–water partition coefficient (Wildman–Crippen LogP) is 8.27. The van der Waals surface area contributed by atoms with Crippen molar-refractivity contribution in [2.45, 2.75) is 101 Å². The molecule has 4 aromatic heterocycles. The SMILES string of the molecule is CC(C)(C)OC(=O)N1CC(F)(CF)C[C@H]1C(=O)CCc1cc(-c2ccc(C(F)(F)F)nc2)ncn1.Cl.O=C(CCc1cc(-c2ccc(C(F)(F)F)nc2)ncn1)[C@@H]1CC(F)(CF)CN1. The third kappa shape index (κ3) is 13.8. The van der Waals surface area contributed by atoms with Gasteiger partial charge < -0.3 is 10.1 Å². The molecule has 4 aromatic rings. The van der Waals surface area contributed by atoms with Gasteiger partial charge in [0.05, 0.1) is 30.0 Å². The van der Waals surface area contributed by atoms with E-state index in [4.69, 9.17) is 4.74 Å². The molecule has 0 saturated carbocycles. The average molecular weight is 937 g/mol. The van der Waals surface area contributed by atoms with Crippen LogP contribution in [0.3, 0.4) is 0 Å². The maximum atomic E-state index is 14.7. The molecule has 0 aromatic carbocycles. The molecule has 4 atom stereocenters. The highest BCUT2D eigenvalue weighted by Gasteiger charge is 2.50. The fraction of sp³-hybridized carbons (Fsp3) is 0.488. The molecule has 64 heavy (non-hydrogen) atoms. The van der Waals surface area contributed by atoms with Crippen molar-refractivity contribution in [2.75, 3.05) is 26.4 Å². The van der Waals surface area contributed by atoms with Gasteiger partial charge in [-0.25, -0.2) is 42.3 Å². The van der Waals surface area contributed by atoms with Crippen molar-refractivity contribution in [3.8, 4) is 22.5 Å². The molecule has 12 nitrogen and oxygen atoms in total. The second-order valence-electron chi connectivity index (χ2n) is 16.1. The van der Waals surface area contributed by atoms with Gasteiger partial charge in [-0.1, -0.05) is 0 Å². The van der Waals surface area contributed by atoms with Crippen LogP contribution in [-0.2, 0) is 39.5 Å². The fourth-order valence-corrected chi connectivity index (χ4v) is 6.63. The van der Waals surface area contributed by atoms with E-state index in [9.17, 15) is 58.3 Å². The number of pyridine rings is 2. The number of aromatic nitrogens is 6. The van der Waals surface area contributed by atoms with Crippen molar-refractivity contribution in [3.63, 3.8) is 0 Å². The Hall–Kier alpha value is -5.38. The van der Waals surface area contributed by atoms with Gasteiger partial charge in [0.15, 0.2) is 17.1 Å². The molecule has 6 rings (SSSR count). The molecule has 2 saturated heterocycles. The number of halogens is 11. The van der Waals surface area contributed by atoms with E-state index in [-0.39, 0.29) is 56.8 Å². The van der Waals surface area contributed by atoms with Crippen LogP contribution < -0.4 is 5.32 Å².